The van der Waals surface area contributed by atoms with Crippen LogP contribution in [0, 0.1) is 11.3 Å². The Morgan fingerprint density at radius 1 is 1.25 bits per heavy atom. The average Bonchev–Trinajstić information content (AvgIpc) is 2.70. The summed E-state index contributed by atoms with van der Waals surface area (Å²) in [5.74, 6) is 1.95. The van der Waals surface area contributed by atoms with E-state index in [9.17, 15) is 0 Å². The number of hydrogen-bond acceptors (Lipinski definition) is 3. The summed E-state index contributed by atoms with van der Waals surface area (Å²) in [5, 5.41) is 4.72. The van der Waals surface area contributed by atoms with Crippen LogP contribution in [-0.4, -0.2) is 23.5 Å². The second-order valence-electron chi connectivity index (χ2n) is 5.79. The van der Waals surface area contributed by atoms with E-state index >= 15 is 0 Å². The van der Waals surface area contributed by atoms with E-state index in [0.717, 1.165) is 6.54 Å². The maximum absolute atomic E-state index is 4.76. The van der Waals surface area contributed by atoms with Gasteiger partial charge in [0.05, 0.1) is 0 Å². The summed E-state index contributed by atoms with van der Waals surface area (Å²) in [4.78, 5) is 4.76. The molecule has 1 unspecified atom stereocenters. The average molecular weight is 240 g/mol. The summed E-state index contributed by atoms with van der Waals surface area (Å²) in [6, 6.07) is 0.531. The van der Waals surface area contributed by atoms with Gasteiger partial charge in [-0.1, -0.05) is 38.5 Å². The fraction of sp³-hybridized carbons (Fsp3) is 0.923. The maximum Gasteiger partial charge on any atom is 0.156 e. The minimum Gasteiger partial charge on any atom is -0.362 e. The van der Waals surface area contributed by atoms with E-state index in [0.29, 0.717) is 17.4 Å². The highest BCUT2D eigenvalue weighted by Gasteiger charge is 2.36. The molecule has 2 aliphatic rings. The fourth-order valence-corrected chi connectivity index (χ4v) is 3.68. The molecule has 1 fully saturated rings. The lowest BCUT2D eigenvalue weighted by molar-refractivity contribution is 0.357. The molecular formula is C13H24N2S. The van der Waals surface area contributed by atoms with Crippen molar-refractivity contribution in [3.63, 3.8) is 0 Å². The molecule has 2 rings (SSSR count). The maximum atomic E-state index is 4.76. The molecule has 1 atom stereocenters. The van der Waals surface area contributed by atoms with E-state index in [-0.39, 0.29) is 0 Å². The minimum atomic E-state index is 0.531. The van der Waals surface area contributed by atoms with Crippen LogP contribution < -0.4 is 5.32 Å². The molecule has 0 aromatic carbocycles. The Bertz CT molecular complexity index is 267. The van der Waals surface area contributed by atoms with Crippen LogP contribution in [0.5, 0.6) is 0 Å². The highest BCUT2D eigenvalue weighted by molar-refractivity contribution is 8.13. The number of nitrogens with one attached hydrogen (secondary N) is 1. The van der Waals surface area contributed by atoms with E-state index < -0.39 is 0 Å². The molecule has 1 heterocycles. The predicted octanol–water partition coefficient (Wildman–Crippen LogP) is 3.28. The van der Waals surface area contributed by atoms with Crippen LogP contribution in [0.25, 0.3) is 0 Å². The van der Waals surface area contributed by atoms with Crippen molar-refractivity contribution in [1.29, 1.82) is 0 Å². The number of nitrogens with zero attached hydrogens (tertiary/aromatic N) is 1. The van der Waals surface area contributed by atoms with Gasteiger partial charge in [-0.3, -0.25) is 4.99 Å². The first-order valence-electron chi connectivity index (χ1n) is 6.55. The summed E-state index contributed by atoms with van der Waals surface area (Å²) in [7, 11) is 0. The van der Waals surface area contributed by atoms with Gasteiger partial charge in [-0.05, 0) is 31.1 Å². The van der Waals surface area contributed by atoms with Crippen LogP contribution >= 0.6 is 11.8 Å². The number of thioether (sulfide) groups is 1. The molecular weight excluding hydrogens is 216 g/mol. The van der Waals surface area contributed by atoms with Crippen molar-refractivity contribution >= 4 is 16.9 Å². The van der Waals surface area contributed by atoms with Crippen LogP contribution in [0.4, 0.5) is 0 Å². The van der Waals surface area contributed by atoms with Crippen LogP contribution in [0.2, 0.25) is 0 Å². The quantitative estimate of drug-likeness (QED) is 0.801. The Kier molecular flexibility index (Phi) is 3.83. The Hall–Kier alpha value is -0.180. The number of rotatable bonds is 2. The SMILES string of the molecule is CC(C)C(C)NC1=NCC2(CCCC2)CS1. The lowest BCUT2D eigenvalue weighted by Gasteiger charge is -2.32. The van der Waals surface area contributed by atoms with Crippen LogP contribution in [0.3, 0.4) is 0 Å². The van der Waals surface area contributed by atoms with E-state index in [4.69, 9.17) is 4.99 Å². The molecule has 1 aliphatic carbocycles. The number of amidine groups is 1. The van der Waals surface area contributed by atoms with Crippen LogP contribution in [0.1, 0.15) is 46.5 Å². The first-order valence-corrected chi connectivity index (χ1v) is 7.54. The largest absolute Gasteiger partial charge is 0.362 e. The van der Waals surface area contributed by atoms with Gasteiger partial charge >= 0.3 is 0 Å². The summed E-state index contributed by atoms with van der Waals surface area (Å²) in [5.41, 5.74) is 0.566. The van der Waals surface area contributed by atoms with Gasteiger partial charge in [-0.15, -0.1) is 0 Å². The third kappa shape index (κ3) is 2.73. The molecule has 0 bridgehead atoms. The standard InChI is InChI=1S/C13H24N2S/c1-10(2)11(3)15-12-14-8-13(9-16-12)6-4-5-7-13/h10-11H,4-9H2,1-3H3,(H,14,15). The summed E-state index contributed by atoms with van der Waals surface area (Å²) < 4.78 is 0. The van der Waals surface area contributed by atoms with Crippen molar-refractivity contribution in [1.82, 2.24) is 5.32 Å². The molecule has 1 aliphatic heterocycles. The zero-order valence-electron chi connectivity index (χ0n) is 10.8. The zero-order valence-corrected chi connectivity index (χ0v) is 11.6. The highest BCUT2D eigenvalue weighted by Crippen LogP contribution is 2.43. The zero-order chi connectivity index (χ0) is 11.6. The molecule has 16 heavy (non-hydrogen) atoms. The van der Waals surface area contributed by atoms with Crippen molar-refractivity contribution in [2.45, 2.75) is 52.5 Å². The highest BCUT2D eigenvalue weighted by atomic mass is 32.2. The molecule has 0 aromatic rings. The van der Waals surface area contributed by atoms with Crippen LogP contribution in [0.15, 0.2) is 4.99 Å². The topological polar surface area (TPSA) is 24.4 Å². The molecule has 0 aromatic heterocycles. The molecule has 0 radical (unpaired) electrons. The first kappa shape index (κ1) is 12.3. The third-order valence-electron chi connectivity index (χ3n) is 4.09. The third-order valence-corrected chi connectivity index (χ3v) is 5.37. The monoisotopic (exact) mass is 240 g/mol. The van der Waals surface area contributed by atoms with Gasteiger partial charge in [0.15, 0.2) is 5.17 Å². The number of hydrogen-bond donors (Lipinski definition) is 1. The van der Waals surface area contributed by atoms with Crippen LogP contribution in [-0.2, 0) is 0 Å². The van der Waals surface area contributed by atoms with E-state index in [1.165, 1.54) is 36.6 Å². The van der Waals surface area contributed by atoms with E-state index in [2.05, 4.69) is 26.1 Å². The Balaban J connectivity index is 1.88. The Labute approximate surface area is 104 Å². The van der Waals surface area contributed by atoms with Gasteiger partial charge in [0.1, 0.15) is 0 Å². The van der Waals surface area contributed by atoms with Gasteiger partial charge in [-0.2, -0.15) is 0 Å². The molecule has 1 spiro atoms. The minimum absolute atomic E-state index is 0.531. The van der Waals surface area contributed by atoms with Gasteiger partial charge < -0.3 is 5.32 Å². The van der Waals surface area contributed by atoms with Crippen molar-refractivity contribution in [3.05, 3.63) is 0 Å². The second kappa shape index (κ2) is 4.99. The number of aliphatic imine (C=N–C) groups is 1. The molecule has 0 amide bonds. The first-order chi connectivity index (χ1) is 7.61. The molecule has 3 heteroatoms. The lowest BCUT2D eigenvalue weighted by Crippen LogP contribution is -2.39. The fourth-order valence-electron chi connectivity index (χ4n) is 2.43. The van der Waals surface area contributed by atoms with Gasteiger partial charge in [-0.25, -0.2) is 0 Å². The summed E-state index contributed by atoms with van der Waals surface area (Å²) >= 11 is 1.94. The predicted molar refractivity (Wildman–Crippen MR) is 73.1 cm³/mol. The van der Waals surface area contributed by atoms with Crippen molar-refractivity contribution in [2.75, 3.05) is 12.3 Å². The Morgan fingerprint density at radius 3 is 2.44 bits per heavy atom. The summed E-state index contributed by atoms with van der Waals surface area (Å²) in [6.07, 6.45) is 5.63. The van der Waals surface area contributed by atoms with Gasteiger partial charge in [0.2, 0.25) is 0 Å². The van der Waals surface area contributed by atoms with Crippen molar-refractivity contribution in [3.8, 4) is 0 Å². The molecule has 1 N–H and O–H groups in total. The second-order valence-corrected chi connectivity index (χ2v) is 6.76. The molecule has 1 saturated carbocycles. The normalized spacial score (nSPS) is 25.9. The van der Waals surface area contributed by atoms with Gasteiger partial charge in [0, 0.05) is 18.3 Å². The van der Waals surface area contributed by atoms with Gasteiger partial charge in [0.25, 0.3) is 0 Å². The van der Waals surface area contributed by atoms with E-state index in [1.807, 2.05) is 11.8 Å². The summed E-state index contributed by atoms with van der Waals surface area (Å²) in [6.45, 7) is 7.81. The smallest absolute Gasteiger partial charge is 0.156 e. The Morgan fingerprint density at radius 2 is 1.94 bits per heavy atom. The molecule has 2 nitrogen and oxygen atoms in total. The molecule has 0 saturated heterocycles. The van der Waals surface area contributed by atoms with E-state index in [1.54, 1.807) is 0 Å². The van der Waals surface area contributed by atoms with Crippen molar-refractivity contribution < 1.29 is 0 Å². The lowest BCUT2D eigenvalue weighted by atomic mass is 9.89. The molecule has 92 valence electrons. The van der Waals surface area contributed by atoms with Crippen molar-refractivity contribution in [2.24, 2.45) is 16.3 Å².